The fraction of sp³-hybridized carbons (Fsp3) is 0.278. The molecule has 9 heteroatoms. The SMILES string of the molecule is CCCNC(=O)[C@@H](Cc1ccccc1)N(Cc1ccccc1C)C(=O)CN(c1ccccc1OC)S(=O)(=O)c1ccc(C)cc1. The first kappa shape index (κ1) is 33.3. The van der Waals surface area contributed by atoms with Gasteiger partial charge < -0.3 is 15.0 Å². The number of nitrogens with one attached hydrogen (secondary N) is 1. The van der Waals surface area contributed by atoms with Gasteiger partial charge in [0, 0.05) is 19.5 Å². The Morgan fingerprint density at radius 2 is 1.49 bits per heavy atom. The number of carbonyl (C=O) groups is 2. The van der Waals surface area contributed by atoms with Crippen molar-refractivity contribution < 1.29 is 22.7 Å². The first-order chi connectivity index (χ1) is 21.6. The third-order valence-corrected chi connectivity index (χ3v) is 9.44. The molecule has 1 atom stereocenters. The van der Waals surface area contributed by atoms with Gasteiger partial charge in [0.25, 0.3) is 10.0 Å². The van der Waals surface area contributed by atoms with Crippen LogP contribution in [0.1, 0.15) is 35.6 Å². The third kappa shape index (κ3) is 8.30. The number of aryl methyl sites for hydroxylation is 2. The van der Waals surface area contributed by atoms with Gasteiger partial charge in [0.1, 0.15) is 18.3 Å². The zero-order chi connectivity index (χ0) is 32.4. The number of hydrogen-bond acceptors (Lipinski definition) is 5. The van der Waals surface area contributed by atoms with Crippen LogP contribution in [0.5, 0.6) is 5.75 Å². The zero-order valence-electron chi connectivity index (χ0n) is 26.3. The highest BCUT2D eigenvalue weighted by atomic mass is 32.2. The predicted octanol–water partition coefficient (Wildman–Crippen LogP) is 5.67. The molecule has 0 fully saturated rings. The average molecular weight is 628 g/mol. The second-order valence-corrected chi connectivity index (χ2v) is 12.8. The number of nitrogens with zero attached hydrogens (tertiary/aromatic N) is 2. The van der Waals surface area contributed by atoms with Crippen LogP contribution >= 0.6 is 0 Å². The van der Waals surface area contributed by atoms with Gasteiger partial charge in [-0.3, -0.25) is 13.9 Å². The van der Waals surface area contributed by atoms with E-state index in [1.54, 1.807) is 36.4 Å². The molecule has 0 heterocycles. The molecular weight excluding hydrogens is 586 g/mol. The molecule has 0 radical (unpaired) electrons. The van der Waals surface area contributed by atoms with Crippen LogP contribution in [-0.4, -0.2) is 51.4 Å². The summed E-state index contributed by atoms with van der Waals surface area (Å²) in [6.07, 6.45) is 0.985. The van der Waals surface area contributed by atoms with Gasteiger partial charge in [-0.25, -0.2) is 8.42 Å². The number of methoxy groups -OCH3 is 1. The second-order valence-electron chi connectivity index (χ2n) is 10.9. The highest BCUT2D eigenvalue weighted by Crippen LogP contribution is 2.33. The molecule has 0 bridgehead atoms. The minimum absolute atomic E-state index is 0.0405. The molecular formula is C36H41N3O5S. The van der Waals surface area contributed by atoms with Gasteiger partial charge in [-0.05, 0) is 61.2 Å². The molecule has 236 valence electrons. The fourth-order valence-electron chi connectivity index (χ4n) is 5.08. The van der Waals surface area contributed by atoms with Crippen molar-refractivity contribution in [2.45, 2.75) is 51.1 Å². The summed E-state index contributed by atoms with van der Waals surface area (Å²) in [6.45, 7) is 5.80. The molecule has 0 saturated heterocycles. The van der Waals surface area contributed by atoms with E-state index in [0.717, 1.165) is 33.0 Å². The Balaban J connectivity index is 1.83. The smallest absolute Gasteiger partial charge is 0.264 e. The Labute approximate surface area is 266 Å². The van der Waals surface area contributed by atoms with E-state index < -0.39 is 28.5 Å². The highest BCUT2D eigenvalue weighted by Gasteiger charge is 2.35. The summed E-state index contributed by atoms with van der Waals surface area (Å²) in [6, 6.07) is 29.5. The van der Waals surface area contributed by atoms with E-state index in [1.165, 1.54) is 24.1 Å². The first-order valence-corrected chi connectivity index (χ1v) is 16.5. The number of amides is 2. The van der Waals surface area contributed by atoms with Crippen molar-refractivity contribution in [3.8, 4) is 5.75 Å². The lowest BCUT2D eigenvalue weighted by Gasteiger charge is -2.34. The first-order valence-electron chi connectivity index (χ1n) is 15.0. The number of rotatable bonds is 14. The number of carbonyl (C=O) groups excluding carboxylic acids is 2. The maximum absolute atomic E-state index is 14.6. The third-order valence-electron chi connectivity index (χ3n) is 7.66. The predicted molar refractivity (Wildman–Crippen MR) is 178 cm³/mol. The van der Waals surface area contributed by atoms with Crippen LogP contribution in [0.4, 0.5) is 5.69 Å². The molecule has 0 aliphatic carbocycles. The summed E-state index contributed by atoms with van der Waals surface area (Å²) in [7, 11) is -2.77. The summed E-state index contributed by atoms with van der Waals surface area (Å²) in [4.78, 5) is 29.9. The van der Waals surface area contributed by atoms with E-state index in [9.17, 15) is 18.0 Å². The number of sulfonamides is 1. The van der Waals surface area contributed by atoms with Crippen LogP contribution in [0.2, 0.25) is 0 Å². The van der Waals surface area contributed by atoms with Crippen molar-refractivity contribution in [3.05, 3.63) is 125 Å². The van der Waals surface area contributed by atoms with Crippen molar-refractivity contribution in [2.75, 3.05) is 24.5 Å². The molecule has 1 N–H and O–H groups in total. The molecule has 0 aromatic heterocycles. The van der Waals surface area contributed by atoms with Gasteiger partial charge in [-0.15, -0.1) is 0 Å². The molecule has 0 unspecified atom stereocenters. The number of anilines is 1. The van der Waals surface area contributed by atoms with E-state index in [1.807, 2.05) is 75.4 Å². The minimum atomic E-state index is -4.23. The summed E-state index contributed by atoms with van der Waals surface area (Å²) >= 11 is 0. The van der Waals surface area contributed by atoms with Gasteiger partial charge in [0.15, 0.2) is 0 Å². The Morgan fingerprint density at radius 1 is 0.844 bits per heavy atom. The normalized spacial score (nSPS) is 11.8. The van der Waals surface area contributed by atoms with Gasteiger partial charge in [-0.2, -0.15) is 0 Å². The maximum atomic E-state index is 14.6. The minimum Gasteiger partial charge on any atom is -0.495 e. The van der Waals surface area contributed by atoms with E-state index in [-0.39, 0.29) is 29.5 Å². The molecule has 4 aromatic carbocycles. The standard InChI is InChI=1S/C36H41N3O5S/c1-5-23-37-36(41)33(24-29-14-7-6-8-15-29)38(25-30-16-10-9-13-28(30)3)35(40)26-39(32-17-11-12-18-34(32)44-4)45(42,43)31-21-19-27(2)20-22-31/h6-22,33H,5,23-26H2,1-4H3,(H,37,41)/t33-/m1/s1. The Morgan fingerprint density at radius 3 is 2.16 bits per heavy atom. The molecule has 4 rings (SSSR count). The molecule has 8 nitrogen and oxygen atoms in total. The maximum Gasteiger partial charge on any atom is 0.264 e. The van der Waals surface area contributed by atoms with Crippen LogP contribution < -0.4 is 14.4 Å². The summed E-state index contributed by atoms with van der Waals surface area (Å²) < 4.78 is 35.1. The number of benzene rings is 4. The zero-order valence-corrected chi connectivity index (χ0v) is 27.1. The molecule has 2 amide bonds. The van der Waals surface area contributed by atoms with Crippen LogP contribution in [-0.2, 0) is 32.6 Å². The van der Waals surface area contributed by atoms with Gasteiger partial charge in [0.05, 0.1) is 17.7 Å². The topological polar surface area (TPSA) is 96.0 Å². The van der Waals surface area contributed by atoms with Crippen molar-refractivity contribution in [3.63, 3.8) is 0 Å². The molecule has 4 aromatic rings. The molecule has 0 aliphatic rings. The Hall–Kier alpha value is -4.63. The van der Waals surface area contributed by atoms with Gasteiger partial charge in [-0.1, -0.05) is 91.3 Å². The fourth-order valence-corrected chi connectivity index (χ4v) is 6.50. The van der Waals surface area contributed by atoms with E-state index >= 15 is 0 Å². The van der Waals surface area contributed by atoms with E-state index in [0.29, 0.717) is 12.3 Å². The number of hydrogen-bond donors (Lipinski definition) is 1. The lowest BCUT2D eigenvalue weighted by Crippen LogP contribution is -2.53. The quantitative estimate of drug-likeness (QED) is 0.194. The molecule has 0 saturated carbocycles. The van der Waals surface area contributed by atoms with Crippen molar-refractivity contribution in [1.29, 1.82) is 0 Å². The molecule has 45 heavy (non-hydrogen) atoms. The van der Waals surface area contributed by atoms with Crippen molar-refractivity contribution in [1.82, 2.24) is 10.2 Å². The van der Waals surface area contributed by atoms with Crippen LogP contribution in [0, 0.1) is 13.8 Å². The number of para-hydroxylation sites is 2. The Kier molecular flexibility index (Phi) is 11.4. The van der Waals surface area contributed by atoms with Crippen LogP contribution in [0.15, 0.2) is 108 Å². The highest BCUT2D eigenvalue weighted by molar-refractivity contribution is 7.92. The second kappa shape index (κ2) is 15.4. The van der Waals surface area contributed by atoms with Crippen molar-refractivity contribution in [2.24, 2.45) is 0 Å². The average Bonchev–Trinajstić information content (AvgIpc) is 3.05. The largest absolute Gasteiger partial charge is 0.495 e. The molecule has 0 aliphatic heterocycles. The summed E-state index contributed by atoms with van der Waals surface area (Å²) in [5.41, 5.74) is 3.82. The monoisotopic (exact) mass is 627 g/mol. The number of ether oxygens (including phenoxy) is 1. The van der Waals surface area contributed by atoms with Gasteiger partial charge >= 0.3 is 0 Å². The lowest BCUT2D eigenvalue weighted by atomic mass is 10.0. The van der Waals surface area contributed by atoms with Crippen LogP contribution in [0.3, 0.4) is 0 Å². The lowest BCUT2D eigenvalue weighted by molar-refractivity contribution is -0.140. The molecule has 0 spiro atoms. The summed E-state index contributed by atoms with van der Waals surface area (Å²) in [5.74, 6) is -0.520. The van der Waals surface area contributed by atoms with Crippen LogP contribution in [0.25, 0.3) is 0 Å². The van der Waals surface area contributed by atoms with Gasteiger partial charge in [0.2, 0.25) is 11.8 Å². The van der Waals surface area contributed by atoms with Crippen molar-refractivity contribution >= 4 is 27.5 Å². The summed E-state index contributed by atoms with van der Waals surface area (Å²) in [5, 5.41) is 2.97. The Bertz CT molecular complexity index is 1690. The van der Waals surface area contributed by atoms with E-state index in [4.69, 9.17) is 4.74 Å². The van der Waals surface area contributed by atoms with E-state index in [2.05, 4.69) is 5.32 Å².